The second kappa shape index (κ2) is 5.46. The van der Waals surface area contributed by atoms with Gasteiger partial charge in [-0.05, 0) is 33.6 Å². The van der Waals surface area contributed by atoms with Gasteiger partial charge in [0.15, 0.2) is 0 Å². The average molecular weight is 268 g/mol. The third-order valence-corrected chi connectivity index (χ3v) is 2.76. The molecule has 0 bridgehead atoms. The van der Waals surface area contributed by atoms with Crippen molar-refractivity contribution >= 4 is 12.1 Å². The maximum atomic E-state index is 11.7. The van der Waals surface area contributed by atoms with Crippen LogP contribution in [0.3, 0.4) is 0 Å². The molecular formula is C12H20N4O3. The van der Waals surface area contributed by atoms with Crippen molar-refractivity contribution in [1.82, 2.24) is 15.5 Å². The quantitative estimate of drug-likeness (QED) is 0.876. The average Bonchev–Trinajstić information content (AvgIpc) is 2.79. The number of rotatable bonds is 2. The fraction of sp³-hybridized carbons (Fsp3) is 0.750. The number of ether oxygens (including phenoxy) is 1. The van der Waals surface area contributed by atoms with E-state index in [1.807, 2.05) is 25.7 Å². The van der Waals surface area contributed by atoms with Gasteiger partial charge in [-0.15, -0.1) is 5.10 Å². The van der Waals surface area contributed by atoms with E-state index in [-0.39, 0.29) is 12.1 Å². The second-order valence-corrected chi connectivity index (χ2v) is 5.65. The van der Waals surface area contributed by atoms with Crippen molar-refractivity contribution in [3.63, 3.8) is 0 Å². The maximum absolute atomic E-state index is 11.7. The fourth-order valence-electron chi connectivity index (χ4n) is 2.05. The largest absolute Gasteiger partial charge is 0.444 e. The van der Waals surface area contributed by atoms with Crippen LogP contribution in [-0.2, 0) is 4.74 Å². The zero-order valence-corrected chi connectivity index (χ0v) is 11.5. The van der Waals surface area contributed by atoms with Gasteiger partial charge in [0.25, 0.3) is 0 Å². The van der Waals surface area contributed by atoms with Crippen LogP contribution < -0.4 is 10.2 Å². The number of anilines is 1. The Morgan fingerprint density at radius 1 is 1.58 bits per heavy atom. The lowest BCUT2D eigenvalue weighted by atomic mass is 10.1. The van der Waals surface area contributed by atoms with Crippen LogP contribution in [0.25, 0.3) is 0 Å². The summed E-state index contributed by atoms with van der Waals surface area (Å²) in [5, 5.41) is 10.4. The van der Waals surface area contributed by atoms with Gasteiger partial charge >= 0.3 is 12.1 Å². The number of aromatic nitrogens is 2. The van der Waals surface area contributed by atoms with Gasteiger partial charge in [-0.2, -0.15) is 0 Å². The van der Waals surface area contributed by atoms with Crippen molar-refractivity contribution in [1.29, 1.82) is 0 Å². The molecule has 106 valence electrons. The molecule has 0 aromatic carbocycles. The third-order valence-electron chi connectivity index (χ3n) is 2.76. The summed E-state index contributed by atoms with van der Waals surface area (Å²) in [6.07, 6.45) is 2.80. The Bertz CT molecular complexity index is 413. The first-order chi connectivity index (χ1) is 8.94. The molecule has 1 unspecified atom stereocenters. The standard InChI is InChI=1S/C12H20N4O3/c1-12(2,3)19-11(17)14-9-5-4-6-16(7-9)10-15-13-8-18-10/h8-9H,4-7H2,1-3H3,(H,14,17). The SMILES string of the molecule is CC(C)(C)OC(=O)NC1CCCN(c2nnco2)C1. The monoisotopic (exact) mass is 268 g/mol. The van der Waals surface area contributed by atoms with Gasteiger partial charge in [0.1, 0.15) is 5.60 Å². The Hall–Kier alpha value is -1.79. The molecule has 19 heavy (non-hydrogen) atoms. The number of amides is 1. The van der Waals surface area contributed by atoms with E-state index >= 15 is 0 Å². The maximum Gasteiger partial charge on any atom is 0.407 e. The molecule has 7 nitrogen and oxygen atoms in total. The van der Waals surface area contributed by atoms with E-state index in [1.54, 1.807) is 0 Å². The highest BCUT2D eigenvalue weighted by Crippen LogP contribution is 2.17. The van der Waals surface area contributed by atoms with Crippen LogP contribution in [0.5, 0.6) is 0 Å². The number of carbonyl (C=O) groups excluding carboxylic acids is 1. The normalized spacial score (nSPS) is 20.2. The van der Waals surface area contributed by atoms with E-state index in [2.05, 4.69) is 15.5 Å². The molecule has 1 aromatic heterocycles. The van der Waals surface area contributed by atoms with E-state index in [0.29, 0.717) is 12.6 Å². The number of nitrogens with one attached hydrogen (secondary N) is 1. The van der Waals surface area contributed by atoms with Crippen molar-refractivity contribution < 1.29 is 13.9 Å². The minimum absolute atomic E-state index is 0.0375. The van der Waals surface area contributed by atoms with Crippen LogP contribution in [0.1, 0.15) is 33.6 Å². The van der Waals surface area contributed by atoms with Gasteiger partial charge in [0.05, 0.1) is 0 Å². The zero-order chi connectivity index (χ0) is 13.9. The molecule has 1 aliphatic rings. The molecular weight excluding hydrogens is 248 g/mol. The van der Waals surface area contributed by atoms with E-state index < -0.39 is 5.60 Å². The Kier molecular flexibility index (Phi) is 3.92. The van der Waals surface area contributed by atoms with Gasteiger partial charge in [-0.3, -0.25) is 0 Å². The number of piperidine rings is 1. The molecule has 0 aliphatic carbocycles. The molecule has 0 saturated carbocycles. The Labute approximate surface area is 112 Å². The Morgan fingerprint density at radius 2 is 2.37 bits per heavy atom. The molecule has 1 atom stereocenters. The molecule has 2 rings (SSSR count). The van der Waals surface area contributed by atoms with Gasteiger partial charge in [0.2, 0.25) is 6.39 Å². The Morgan fingerprint density at radius 3 is 3.00 bits per heavy atom. The van der Waals surface area contributed by atoms with E-state index in [1.165, 1.54) is 6.39 Å². The van der Waals surface area contributed by atoms with Crippen LogP contribution in [0.4, 0.5) is 10.8 Å². The van der Waals surface area contributed by atoms with E-state index in [0.717, 1.165) is 19.4 Å². The highest BCUT2D eigenvalue weighted by Gasteiger charge is 2.26. The minimum atomic E-state index is -0.481. The van der Waals surface area contributed by atoms with Crippen molar-refractivity contribution in [2.45, 2.75) is 45.3 Å². The summed E-state index contributed by atoms with van der Waals surface area (Å²) >= 11 is 0. The number of nitrogens with zero attached hydrogens (tertiary/aromatic N) is 3. The number of hydrogen-bond donors (Lipinski definition) is 1. The van der Waals surface area contributed by atoms with Crippen LogP contribution >= 0.6 is 0 Å². The molecule has 1 N–H and O–H groups in total. The van der Waals surface area contributed by atoms with Crippen LogP contribution in [-0.4, -0.2) is 41.0 Å². The predicted octanol–water partition coefficient (Wildman–Crippen LogP) is 1.56. The smallest absolute Gasteiger partial charge is 0.407 e. The lowest BCUT2D eigenvalue weighted by Gasteiger charge is -2.32. The molecule has 1 aliphatic heterocycles. The minimum Gasteiger partial charge on any atom is -0.444 e. The number of alkyl carbamates (subject to hydrolysis) is 1. The molecule has 1 aromatic rings. The van der Waals surface area contributed by atoms with Crippen molar-refractivity contribution in [2.24, 2.45) is 0 Å². The Balaban J connectivity index is 1.86. The predicted molar refractivity (Wildman–Crippen MR) is 68.9 cm³/mol. The van der Waals surface area contributed by atoms with Crippen molar-refractivity contribution in [3.8, 4) is 0 Å². The number of hydrogen-bond acceptors (Lipinski definition) is 6. The molecule has 7 heteroatoms. The topological polar surface area (TPSA) is 80.5 Å². The summed E-state index contributed by atoms with van der Waals surface area (Å²) in [6.45, 7) is 7.05. The van der Waals surface area contributed by atoms with Crippen LogP contribution in [0.15, 0.2) is 10.8 Å². The zero-order valence-electron chi connectivity index (χ0n) is 11.5. The van der Waals surface area contributed by atoms with Crippen molar-refractivity contribution in [3.05, 3.63) is 6.39 Å². The number of carbonyl (C=O) groups is 1. The lowest BCUT2D eigenvalue weighted by molar-refractivity contribution is 0.0499. The molecule has 2 heterocycles. The summed E-state index contributed by atoms with van der Waals surface area (Å²) in [7, 11) is 0. The summed E-state index contributed by atoms with van der Waals surface area (Å²) < 4.78 is 10.4. The van der Waals surface area contributed by atoms with Crippen molar-refractivity contribution in [2.75, 3.05) is 18.0 Å². The molecule has 1 amide bonds. The second-order valence-electron chi connectivity index (χ2n) is 5.65. The van der Waals surface area contributed by atoms with Crippen LogP contribution in [0.2, 0.25) is 0 Å². The molecule has 0 radical (unpaired) electrons. The summed E-state index contributed by atoms with van der Waals surface area (Å²) in [5.74, 6) is 0. The highest BCUT2D eigenvalue weighted by molar-refractivity contribution is 5.68. The molecule has 0 spiro atoms. The highest BCUT2D eigenvalue weighted by atomic mass is 16.6. The van der Waals surface area contributed by atoms with E-state index in [4.69, 9.17) is 9.15 Å². The first kappa shape index (κ1) is 13.6. The summed E-state index contributed by atoms with van der Waals surface area (Å²) in [6, 6.07) is 0.534. The third kappa shape index (κ3) is 4.11. The van der Waals surface area contributed by atoms with Gasteiger partial charge in [0, 0.05) is 19.1 Å². The first-order valence-electron chi connectivity index (χ1n) is 6.45. The summed E-state index contributed by atoms with van der Waals surface area (Å²) in [5.41, 5.74) is -0.481. The summed E-state index contributed by atoms with van der Waals surface area (Å²) in [4.78, 5) is 13.7. The van der Waals surface area contributed by atoms with Crippen LogP contribution in [0, 0.1) is 0 Å². The van der Waals surface area contributed by atoms with Gasteiger partial charge in [-0.1, -0.05) is 5.10 Å². The van der Waals surface area contributed by atoms with E-state index in [9.17, 15) is 4.79 Å². The molecule has 1 saturated heterocycles. The molecule has 1 fully saturated rings. The van der Waals surface area contributed by atoms with Gasteiger partial charge < -0.3 is 19.4 Å². The lowest BCUT2D eigenvalue weighted by Crippen LogP contribution is -2.49. The first-order valence-corrected chi connectivity index (χ1v) is 6.45. The van der Waals surface area contributed by atoms with Gasteiger partial charge in [-0.25, -0.2) is 4.79 Å². The fourth-order valence-corrected chi connectivity index (χ4v) is 2.05.